The Hall–Kier alpha value is -4.35. The average Bonchev–Trinajstić information content (AvgIpc) is 3.33. The number of nitrogens with zero attached hydrogens (tertiary/aromatic N) is 3. The number of esters is 2. The number of azide groups is 1. The van der Waals surface area contributed by atoms with Gasteiger partial charge in [0.15, 0.2) is 12.6 Å². The highest BCUT2D eigenvalue weighted by atomic mass is 16.8. The molecule has 0 N–H and O–H groups in total. The first kappa shape index (κ1) is 33.5. The molecule has 240 valence electrons. The standard InChI is InChI=1S/C33H39N3O9/c1-21-14-15-26(43-31(37)23-10-7-6-8-11-23)30-27(44-33(3,4)45-30)13-9-12-24-18-25(40-17-16-35-36-34)19-28(41-20-39-5)29(24)32(38)42-22(21)2/h6-12,14-15,18-19,21-22,26-27,30H,13,16-17,20H2,1-5H3/b12-9+,15-14-/t21-,22+,26?,27?,30?/m1/s1. The van der Waals surface area contributed by atoms with Gasteiger partial charge in [0.25, 0.3) is 0 Å². The minimum atomic E-state index is -0.938. The molecule has 0 bridgehead atoms. The molecule has 12 heteroatoms. The first-order valence-corrected chi connectivity index (χ1v) is 14.7. The molecular weight excluding hydrogens is 582 g/mol. The Morgan fingerprint density at radius 2 is 1.89 bits per heavy atom. The Labute approximate surface area is 262 Å². The van der Waals surface area contributed by atoms with Gasteiger partial charge >= 0.3 is 11.9 Å². The summed E-state index contributed by atoms with van der Waals surface area (Å²) < 4.78 is 41.1. The van der Waals surface area contributed by atoms with E-state index in [9.17, 15) is 9.59 Å². The van der Waals surface area contributed by atoms with E-state index in [-0.39, 0.29) is 37.2 Å². The van der Waals surface area contributed by atoms with E-state index in [1.54, 1.807) is 55.5 Å². The lowest BCUT2D eigenvalue weighted by molar-refractivity contribution is -0.152. The summed E-state index contributed by atoms with van der Waals surface area (Å²) in [6, 6.07) is 12.0. The van der Waals surface area contributed by atoms with Crippen LogP contribution in [0.4, 0.5) is 0 Å². The van der Waals surface area contributed by atoms with Gasteiger partial charge in [0.05, 0.1) is 24.8 Å². The fourth-order valence-electron chi connectivity index (χ4n) is 4.94. The van der Waals surface area contributed by atoms with E-state index in [1.165, 1.54) is 7.11 Å². The number of fused-ring (bicyclic) bond motifs is 2. The molecule has 2 heterocycles. The third-order valence-electron chi connectivity index (χ3n) is 7.27. The maximum absolute atomic E-state index is 13.6. The lowest BCUT2D eigenvalue weighted by atomic mass is 9.98. The van der Waals surface area contributed by atoms with Crippen molar-refractivity contribution in [3.05, 3.63) is 87.8 Å². The Bertz CT molecular complexity index is 1440. The van der Waals surface area contributed by atoms with Gasteiger partial charge in [0.1, 0.15) is 35.4 Å². The van der Waals surface area contributed by atoms with Crippen molar-refractivity contribution in [2.45, 2.75) is 64.3 Å². The predicted octanol–water partition coefficient (Wildman–Crippen LogP) is 6.26. The zero-order valence-corrected chi connectivity index (χ0v) is 26.1. The third kappa shape index (κ3) is 9.09. The number of rotatable bonds is 9. The molecule has 0 amide bonds. The van der Waals surface area contributed by atoms with Gasteiger partial charge in [-0.2, -0.15) is 0 Å². The molecule has 4 rings (SSSR count). The molecule has 0 aliphatic carbocycles. The van der Waals surface area contributed by atoms with Gasteiger partial charge in [0, 0.05) is 24.0 Å². The number of carbonyl (C=O) groups excluding carboxylic acids is 2. The van der Waals surface area contributed by atoms with Crippen LogP contribution in [0.5, 0.6) is 11.5 Å². The summed E-state index contributed by atoms with van der Waals surface area (Å²) in [5.41, 5.74) is 9.67. The van der Waals surface area contributed by atoms with Crippen LogP contribution in [0.15, 0.2) is 65.8 Å². The molecule has 0 spiro atoms. The van der Waals surface area contributed by atoms with Gasteiger partial charge in [-0.3, -0.25) is 0 Å². The van der Waals surface area contributed by atoms with Crippen LogP contribution < -0.4 is 9.47 Å². The SMILES string of the molecule is COCOc1cc(OCCN=[N+]=[N-])cc2c1C(=O)O[C@@H](C)[C@H](C)/C=C\C(OC(=O)c1ccccc1)C1OC(C)(C)OC1C/C=C/2. The van der Waals surface area contributed by atoms with Gasteiger partial charge in [-0.25, -0.2) is 9.59 Å². The molecule has 5 atom stereocenters. The van der Waals surface area contributed by atoms with Crippen LogP contribution in [0.1, 0.15) is 60.4 Å². The Morgan fingerprint density at radius 3 is 2.62 bits per heavy atom. The fourth-order valence-corrected chi connectivity index (χ4v) is 4.94. The molecule has 2 aliphatic heterocycles. The van der Waals surface area contributed by atoms with Crippen molar-refractivity contribution in [1.29, 1.82) is 0 Å². The highest BCUT2D eigenvalue weighted by Gasteiger charge is 2.45. The highest BCUT2D eigenvalue weighted by molar-refractivity contribution is 5.97. The van der Waals surface area contributed by atoms with Crippen molar-refractivity contribution in [2.24, 2.45) is 11.0 Å². The Kier molecular flexibility index (Phi) is 11.6. The van der Waals surface area contributed by atoms with Crippen molar-refractivity contribution < 1.29 is 42.7 Å². The molecule has 45 heavy (non-hydrogen) atoms. The van der Waals surface area contributed by atoms with Crippen molar-refractivity contribution in [2.75, 3.05) is 27.1 Å². The largest absolute Gasteiger partial charge is 0.493 e. The zero-order chi connectivity index (χ0) is 32.4. The number of benzene rings is 2. The average molecular weight is 622 g/mol. The minimum Gasteiger partial charge on any atom is -0.493 e. The molecule has 0 aromatic heterocycles. The van der Waals surface area contributed by atoms with Gasteiger partial charge in [-0.15, -0.1) is 0 Å². The molecule has 1 saturated heterocycles. The highest BCUT2D eigenvalue weighted by Crippen LogP contribution is 2.36. The summed E-state index contributed by atoms with van der Waals surface area (Å²) in [5.74, 6) is -1.70. The smallest absolute Gasteiger partial charge is 0.342 e. The normalized spacial score (nSPS) is 25.7. The summed E-state index contributed by atoms with van der Waals surface area (Å²) in [6.45, 7) is 7.42. The Balaban J connectivity index is 1.73. The first-order valence-electron chi connectivity index (χ1n) is 14.7. The van der Waals surface area contributed by atoms with Gasteiger partial charge in [0.2, 0.25) is 0 Å². The van der Waals surface area contributed by atoms with E-state index in [0.29, 0.717) is 23.3 Å². The van der Waals surface area contributed by atoms with Crippen molar-refractivity contribution in [3.8, 4) is 11.5 Å². The summed E-state index contributed by atoms with van der Waals surface area (Å²) in [6.07, 6.45) is 5.10. The van der Waals surface area contributed by atoms with Gasteiger partial charge in [-0.05, 0) is 62.6 Å². The van der Waals surface area contributed by atoms with Gasteiger partial charge in [-0.1, -0.05) is 48.5 Å². The second-order valence-electron chi connectivity index (χ2n) is 11.1. The second-order valence-corrected chi connectivity index (χ2v) is 11.1. The number of ether oxygens (including phenoxy) is 7. The maximum atomic E-state index is 13.6. The molecule has 0 saturated carbocycles. The summed E-state index contributed by atoms with van der Waals surface area (Å²) in [4.78, 5) is 29.5. The number of carbonyl (C=O) groups is 2. The molecule has 1 fully saturated rings. The van der Waals surface area contributed by atoms with E-state index in [0.717, 1.165) is 0 Å². The first-order chi connectivity index (χ1) is 21.6. The van der Waals surface area contributed by atoms with Crippen LogP contribution in [-0.4, -0.2) is 69.2 Å². The Morgan fingerprint density at radius 1 is 1.11 bits per heavy atom. The van der Waals surface area contributed by atoms with E-state index >= 15 is 0 Å². The van der Waals surface area contributed by atoms with Crippen LogP contribution in [0.25, 0.3) is 16.5 Å². The third-order valence-corrected chi connectivity index (χ3v) is 7.27. The summed E-state index contributed by atoms with van der Waals surface area (Å²) in [7, 11) is 1.47. The van der Waals surface area contributed by atoms with E-state index in [2.05, 4.69) is 10.0 Å². The molecule has 3 unspecified atom stereocenters. The number of cyclic esters (lactones) is 1. The van der Waals surface area contributed by atoms with Crippen LogP contribution in [0, 0.1) is 5.92 Å². The molecule has 12 nitrogen and oxygen atoms in total. The summed E-state index contributed by atoms with van der Waals surface area (Å²) >= 11 is 0. The molecule has 2 aromatic rings. The fraction of sp³-hybridized carbons (Fsp3) is 0.455. The summed E-state index contributed by atoms with van der Waals surface area (Å²) in [5, 5.41) is 3.50. The topological polar surface area (TPSA) is 148 Å². The molecule has 2 aromatic carbocycles. The van der Waals surface area contributed by atoms with Crippen LogP contribution in [-0.2, 0) is 23.7 Å². The molecule has 2 aliphatic rings. The van der Waals surface area contributed by atoms with Crippen molar-refractivity contribution in [3.63, 3.8) is 0 Å². The second kappa shape index (κ2) is 15.6. The number of hydrogen-bond donors (Lipinski definition) is 0. The van der Waals surface area contributed by atoms with Crippen LogP contribution >= 0.6 is 0 Å². The number of hydrogen-bond acceptors (Lipinski definition) is 10. The predicted molar refractivity (Wildman–Crippen MR) is 165 cm³/mol. The molecule has 0 radical (unpaired) electrons. The quantitative estimate of drug-likeness (QED) is 0.0602. The number of methoxy groups -OCH3 is 1. The van der Waals surface area contributed by atoms with Crippen molar-refractivity contribution in [1.82, 2.24) is 0 Å². The lowest BCUT2D eigenvalue weighted by Gasteiger charge is -2.25. The van der Waals surface area contributed by atoms with E-state index in [1.807, 2.05) is 39.0 Å². The minimum absolute atomic E-state index is 0.118. The van der Waals surface area contributed by atoms with E-state index in [4.69, 9.17) is 38.7 Å². The van der Waals surface area contributed by atoms with E-state index < -0.39 is 42.1 Å². The monoisotopic (exact) mass is 621 g/mol. The van der Waals surface area contributed by atoms with Crippen molar-refractivity contribution >= 4 is 18.0 Å². The zero-order valence-electron chi connectivity index (χ0n) is 26.1. The van der Waals surface area contributed by atoms with Gasteiger partial charge < -0.3 is 33.2 Å². The lowest BCUT2D eigenvalue weighted by Crippen LogP contribution is -2.37. The maximum Gasteiger partial charge on any atom is 0.342 e. The van der Waals surface area contributed by atoms with Crippen LogP contribution in [0.3, 0.4) is 0 Å². The van der Waals surface area contributed by atoms with Crippen LogP contribution in [0.2, 0.25) is 0 Å². The molecular formula is C33H39N3O9.